The van der Waals surface area contributed by atoms with E-state index in [0.29, 0.717) is 30.6 Å². The van der Waals surface area contributed by atoms with Crippen molar-refractivity contribution in [3.8, 4) is 28.7 Å². The summed E-state index contributed by atoms with van der Waals surface area (Å²) in [5.41, 5.74) is 7.92. The molecule has 0 bridgehead atoms. The molecular weight excluding hydrogens is 556 g/mol. The Balaban J connectivity index is 1.21. The number of rotatable bonds is 10. The van der Waals surface area contributed by atoms with E-state index in [2.05, 4.69) is 29.1 Å². The van der Waals surface area contributed by atoms with E-state index in [0.717, 1.165) is 56.1 Å². The predicted molar refractivity (Wildman–Crippen MR) is 168 cm³/mol. The number of hydrogen-bond donors (Lipinski definition) is 1. The van der Waals surface area contributed by atoms with Crippen molar-refractivity contribution in [2.75, 3.05) is 32.9 Å². The molecule has 0 unspecified atom stereocenters. The third kappa shape index (κ3) is 6.21. The van der Waals surface area contributed by atoms with Crippen LogP contribution in [0.3, 0.4) is 0 Å². The molecule has 2 aromatic carbocycles. The van der Waals surface area contributed by atoms with Crippen LogP contribution in [0.15, 0.2) is 54.7 Å². The van der Waals surface area contributed by atoms with Gasteiger partial charge in [0.25, 0.3) is 0 Å². The van der Waals surface area contributed by atoms with E-state index in [1.54, 1.807) is 13.0 Å². The fourth-order valence-corrected chi connectivity index (χ4v) is 6.39. The lowest BCUT2D eigenvalue weighted by Crippen LogP contribution is -2.37. The number of aryl methyl sites for hydroxylation is 1. The second kappa shape index (κ2) is 13.2. The van der Waals surface area contributed by atoms with Crippen LogP contribution in [0, 0.1) is 19.8 Å². The Kier molecular flexibility index (Phi) is 8.95. The fraction of sp³-hybridized carbons (Fsp3) is 0.400. The molecule has 9 nitrogen and oxygen atoms in total. The first-order valence-corrected chi connectivity index (χ1v) is 15.5. The van der Waals surface area contributed by atoms with E-state index < -0.39 is 5.97 Å². The number of hydrogen-bond acceptors (Lipinski definition) is 7. The van der Waals surface area contributed by atoms with Crippen LogP contribution in [-0.4, -0.2) is 63.7 Å². The quantitative estimate of drug-likeness (QED) is 0.238. The van der Waals surface area contributed by atoms with Crippen molar-refractivity contribution in [2.24, 2.45) is 5.92 Å². The molecule has 6 rings (SSSR count). The van der Waals surface area contributed by atoms with Gasteiger partial charge in [-0.2, -0.15) is 9.78 Å². The molecule has 0 amide bonds. The maximum Gasteiger partial charge on any atom is 0.342 e. The standard InChI is InChI=1S/C35H40N4O5/c1-4-43-34-30(35(40)41)18-36-39(34)32-12-6-11-31(37-32)29-10-5-8-23(2)33(29)44-22-27-14-13-26-20-38(16-15-28(26)24(27)3)19-25-9-7-17-42-21-25/h5-6,8,10-14,18,25H,4,7,9,15-17,19-22H2,1-3H3,(H,40,41)/t25-/m0/s1. The smallest absolute Gasteiger partial charge is 0.342 e. The average molecular weight is 597 g/mol. The molecule has 9 heteroatoms. The number of fused-ring (bicyclic) bond motifs is 1. The normalized spacial score (nSPS) is 16.8. The molecule has 230 valence electrons. The Bertz CT molecular complexity index is 1640. The second-order valence-corrected chi connectivity index (χ2v) is 11.7. The highest BCUT2D eigenvalue weighted by Crippen LogP contribution is 2.34. The number of benzene rings is 2. The van der Waals surface area contributed by atoms with Gasteiger partial charge in [0, 0.05) is 31.8 Å². The van der Waals surface area contributed by atoms with Crippen molar-refractivity contribution in [1.29, 1.82) is 0 Å². The molecule has 44 heavy (non-hydrogen) atoms. The van der Waals surface area contributed by atoms with Gasteiger partial charge >= 0.3 is 5.97 Å². The predicted octanol–water partition coefficient (Wildman–Crippen LogP) is 6.01. The third-order valence-electron chi connectivity index (χ3n) is 8.70. The summed E-state index contributed by atoms with van der Waals surface area (Å²) in [4.78, 5) is 19.1. The van der Waals surface area contributed by atoms with Crippen LogP contribution in [0.4, 0.5) is 0 Å². The van der Waals surface area contributed by atoms with Gasteiger partial charge < -0.3 is 19.3 Å². The second-order valence-electron chi connectivity index (χ2n) is 11.7. The minimum atomic E-state index is -1.10. The minimum Gasteiger partial charge on any atom is -0.488 e. The highest BCUT2D eigenvalue weighted by atomic mass is 16.5. The van der Waals surface area contributed by atoms with Crippen molar-refractivity contribution < 1.29 is 24.1 Å². The third-order valence-corrected chi connectivity index (χ3v) is 8.70. The van der Waals surface area contributed by atoms with E-state index in [1.165, 1.54) is 46.0 Å². The average Bonchev–Trinajstić information content (AvgIpc) is 3.46. The van der Waals surface area contributed by atoms with Crippen molar-refractivity contribution in [2.45, 2.75) is 53.2 Å². The lowest BCUT2D eigenvalue weighted by molar-refractivity contribution is 0.0364. The molecular formula is C35H40N4O5. The van der Waals surface area contributed by atoms with Crippen molar-refractivity contribution in [1.82, 2.24) is 19.7 Å². The summed E-state index contributed by atoms with van der Waals surface area (Å²) in [5.74, 6) is 0.924. The van der Waals surface area contributed by atoms with Crippen LogP contribution in [0.2, 0.25) is 0 Å². The summed E-state index contributed by atoms with van der Waals surface area (Å²) in [6.45, 7) is 11.8. The fourth-order valence-electron chi connectivity index (χ4n) is 6.39. The molecule has 1 atom stereocenters. The van der Waals surface area contributed by atoms with E-state index in [1.807, 2.05) is 37.3 Å². The maximum absolute atomic E-state index is 11.7. The number of carboxylic acid groups (broad SMARTS) is 1. The Hall–Kier alpha value is -4.21. The van der Waals surface area contributed by atoms with Crippen LogP contribution < -0.4 is 9.47 Å². The van der Waals surface area contributed by atoms with E-state index in [9.17, 15) is 9.90 Å². The number of pyridine rings is 1. The summed E-state index contributed by atoms with van der Waals surface area (Å²) >= 11 is 0. The minimum absolute atomic E-state index is 0.00872. The molecule has 1 N–H and O–H groups in total. The van der Waals surface area contributed by atoms with Gasteiger partial charge in [-0.15, -0.1) is 0 Å². The Labute approximate surface area is 258 Å². The molecule has 4 aromatic rings. The van der Waals surface area contributed by atoms with Crippen molar-refractivity contribution in [3.05, 3.63) is 88.1 Å². The molecule has 4 heterocycles. The van der Waals surface area contributed by atoms with Gasteiger partial charge in [0.1, 0.15) is 17.9 Å². The SMILES string of the molecule is CCOc1c(C(=O)O)cnn1-c1cccc(-c2cccc(C)c2OCc2ccc3c(c2C)CCN(C[C@@H]2CCCOC2)C3)n1. The topological polar surface area (TPSA) is 98.9 Å². The molecule has 0 aliphatic carbocycles. The molecule has 0 saturated carbocycles. The lowest BCUT2D eigenvalue weighted by atomic mass is 9.91. The van der Waals surface area contributed by atoms with Gasteiger partial charge in [0.05, 0.1) is 25.1 Å². The van der Waals surface area contributed by atoms with Crippen LogP contribution >= 0.6 is 0 Å². The highest BCUT2D eigenvalue weighted by Gasteiger charge is 2.24. The number of aromatic carboxylic acids is 1. The summed E-state index contributed by atoms with van der Waals surface area (Å²) < 4.78 is 19.3. The van der Waals surface area contributed by atoms with Gasteiger partial charge in [0.2, 0.25) is 5.88 Å². The number of carboxylic acids is 1. The Morgan fingerprint density at radius 3 is 2.77 bits per heavy atom. The Morgan fingerprint density at radius 2 is 1.98 bits per heavy atom. The maximum atomic E-state index is 11.7. The molecule has 2 aliphatic heterocycles. The first-order chi connectivity index (χ1) is 21.4. The zero-order valence-electron chi connectivity index (χ0n) is 25.7. The van der Waals surface area contributed by atoms with Crippen molar-refractivity contribution in [3.63, 3.8) is 0 Å². The first kappa shape index (κ1) is 29.8. The first-order valence-electron chi connectivity index (χ1n) is 15.5. The van der Waals surface area contributed by atoms with Crippen LogP contribution in [0.5, 0.6) is 11.6 Å². The van der Waals surface area contributed by atoms with Crippen LogP contribution in [0.1, 0.15) is 57.9 Å². The summed E-state index contributed by atoms with van der Waals surface area (Å²) in [7, 11) is 0. The number of para-hydroxylation sites is 1. The van der Waals surface area contributed by atoms with Gasteiger partial charge in [-0.3, -0.25) is 4.90 Å². The van der Waals surface area contributed by atoms with Crippen LogP contribution in [-0.2, 0) is 24.3 Å². The summed E-state index contributed by atoms with van der Waals surface area (Å²) in [6, 6.07) is 16.1. The van der Waals surface area contributed by atoms with Gasteiger partial charge in [-0.1, -0.05) is 30.3 Å². The van der Waals surface area contributed by atoms with E-state index in [-0.39, 0.29) is 11.4 Å². The van der Waals surface area contributed by atoms with Crippen LogP contribution in [0.25, 0.3) is 17.1 Å². The number of carbonyl (C=O) groups is 1. The van der Waals surface area contributed by atoms with E-state index in [4.69, 9.17) is 19.2 Å². The van der Waals surface area contributed by atoms with Crippen molar-refractivity contribution >= 4 is 5.97 Å². The molecule has 2 aliphatic rings. The van der Waals surface area contributed by atoms with Gasteiger partial charge in [-0.25, -0.2) is 9.78 Å². The summed E-state index contributed by atoms with van der Waals surface area (Å²) in [6.07, 6.45) is 4.78. The molecule has 1 fully saturated rings. The molecule has 0 spiro atoms. The lowest BCUT2D eigenvalue weighted by Gasteiger charge is -2.34. The summed E-state index contributed by atoms with van der Waals surface area (Å²) in [5, 5.41) is 13.8. The Morgan fingerprint density at radius 1 is 1.11 bits per heavy atom. The molecule has 0 radical (unpaired) electrons. The molecule has 2 aromatic heterocycles. The van der Waals surface area contributed by atoms with Gasteiger partial charge in [-0.05, 0) is 92.0 Å². The zero-order valence-corrected chi connectivity index (χ0v) is 25.7. The monoisotopic (exact) mass is 596 g/mol. The van der Waals surface area contributed by atoms with E-state index >= 15 is 0 Å². The zero-order chi connectivity index (χ0) is 30.6. The number of nitrogens with zero attached hydrogens (tertiary/aromatic N) is 4. The highest BCUT2D eigenvalue weighted by molar-refractivity contribution is 5.90. The molecule has 1 saturated heterocycles. The largest absolute Gasteiger partial charge is 0.488 e. The number of aromatic nitrogens is 3. The number of ether oxygens (including phenoxy) is 3. The van der Waals surface area contributed by atoms with Gasteiger partial charge in [0.15, 0.2) is 5.82 Å².